The summed E-state index contributed by atoms with van der Waals surface area (Å²) in [7, 11) is 0. The van der Waals surface area contributed by atoms with Gasteiger partial charge in [-0.25, -0.2) is 0 Å². The molecule has 1 saturated heterocycles. The van der Waals surface area contributed by atoms with Crippen molar-refractivity contribution in [1.82, 2.24) is 0 Å². The standard InChI is InChI=1S/C56H102O10/c1-3-5-7-9-11-13-15-17-19-21-23-24-25-27-28-30-32-34-36-38-40-42-44-51(58)63-47-49(48-64-56-55(62)54(61)53(60)50(46-57)66-56)65-52(59)45-43-41-39-37-35-33-31-29-26-22-20-18-16-14-12-10-8-6-4-2/h12,14,18,20,26,29,49-50,53-57,60-62H,3-11,13,15-17,19,21-25,27-28,30-48H2,1-2H3/b14-12-,20-18-,29-26-. The number of carbonyl (C=O) groups is 2. The maximum absolute atomic E-state index is 12.8. The largest absolute Gasteiger partial charge is 0.462 e. The molecule has 1 aliphatic rings. The zero-order chi connectivity index (χ0) is 48.0. The average molecular weight is 935 g/mol. The van der Waals surface area contributed by atoms with Crippen molar-refractivity contribution >= 4 is 11.9 Å². The quantitative estimate of drug-likeness (QED) is 0.0264. The first-order valence-corrected chi connectivity index (χ1v) is 27.6. The Morgan fingerprint density at radius 2 is 0.848 bits per heavy atom. The van der Waals surface area contributed by atoms with Crippen LogP contribution in [0.2, 0.25) is 0 Å². The van der Waals surface area contributed by atoms with Crippen LogP contribution in [0.4, 0.5) is 0 Å². The normalized spacial score (nSPS) is 19.4. The number of hydrogen-bond donors (Lipinski definition) is 4. The second-order valence-corrected chi connectivity index (χ2v) is 19.0. The molecule has 4 N–H and O–H groups in total. The molecule has 1 rings (SSSR count). The summed E-state index contributed by atoms with van der Waals surface area (Å²) in [4.78, 5) is 25.5. The Hall–Kier alpha value is -2.08. The number of carbonyl (C=O) groups excluding carboxylic acids is 2. The highest BCUT2D eigenvalue weighted by molar-refractivity contribution is 5.70. The van der Waals surface area contributed by atoms with E-state index in [1.807, 2.05) is 0 Å². The van der Waals surface area contributed by atoms with Gasteiger partial charge in [-0.05, 0) is 51.4 Å². The van der Waals surface area contributed by atoms with E-state index in [4.69, 9.17) is 18.9 Å². The van der Waals surface area contributed by atoms with Crippen LogP contribution in [-0.2, 0) is 28.5 Å². The third-order valence-corrected chi connectivity index (χ3v) is 12.8. The summed E-state index contributed by atoms with van der Waals surface area (Å²) in [5.41, 5.74) is 0. The molecule has 0 saturated carbocycles. The van der Waals surface area contributed by atoms with Gasteiger partial charge in [-0.3, -0.25) is 9.59 Å². The van der Waals surface area contributed by atoms with Gasteiger partial charge < -0.3 is 39.4 Å². The predicted molar refractivity (Wildman–Crippen MR) is 270 cm³/mol. The predicted octanol–water partition coefficient (Wildman–Crippen LogP) is 13.4. The number of esters is 2. The Balaban J connectivity index is 2.23. The second-order valence-electron chi connectivity index (χ2n) is 19.0. The van der Waals surface area contributed by atoms with E-state index < -0.39 is 49.4 Å². The number of allylic oxidation sites excluding steroid dienone is 6. The molecule has 6 unspecified atom stereocenters. The number of rotatable bonds is 47. The summed E-state index contributed by atoms with van der Waals surface area (Å²) >= 11 is 0. The first-order chi connectivity index (χ1) is 32.3. The Bertz CT molecular complexity index is 1170. The van der Waals surface area contributed by atoms with Gasteiger partial charge in [-0.1, -0.05) is 224 Å². The van der Waals surface area contributed by atoms with Crippen molar-refractivity contribution in [3.8, 4) is 0 Å². The van der Waals surface area contributed by atoms with Crippen molar-refractivity contribution in [2.75, 3.05) is 19.8 Å². The van der Waals surface area contributed by atoms with Gasteiger partial charge in [0.05, 0.1) is 13.2 Å². The SMILES string of the molecule is CCCCC/C=C\C/C=C\C/C=C\CCCCCCCCC(=O)OC(COC(=O)CCCCCCCCCCCCCCCCCCCCCCCC)COC1OC(CO)C(O)C(O)C1O. The molecule has 1 heterocycles. The summed E-state index contributed by atoms with van der Waals surface area (Å²) in [5.74, 6) is -0.809. The summed E-state index contributed by atoms with van der Waals surface area (Å²) in [6.45, 7) is 3.43. The van der Waals surface area contributed by atoms with Gasteiger partial charge >= 0.3 is 11.9 Å². The van der Waals surface area contributed by atoms with Crippen LogP contribution in [0.3, 0.4) is 0 Å². The lowest BCUT2D eigenvalue weighted by Gasteiger charge is -2.39. The van der Waals surface area contributed by atoms with E-state index in [2.05, 4.69) is 50.3 Å². The van der Waals surface area contributed by atoms with E-state index in [1.165, 1.54) is 148 Å². The zero-order valence-electron chi connectivity index (χ0n) is 42.5. The Morgan fingerprint density at radius 3 is 1.30 bits per heavy atom. The van der Waals surface area contributed by atoms with Crippen molar-refractivity contribution < 1.29 is 49.0 Å². The fourth-order valence-corrected chi connectivity index (χ4v) is 8.43. The molecule has 10 heteroatoms. The summed E-state index contributed by atoms with van der Waals surface area (Å²) in [5, 5.41) is 40.3. The van der Waals surface area contributed by atoms with Crippen LogP contribution in [0.5, 0.6) is 0 Å². The molecule has 0 aromatic carbocycles. The Kier molecular flexibility index (Phi) is 43.8. The minimum atomic E-state index is -1.60. The van der Waals surface area contributed by atoms with Crippen LogP contribution < -0.4 is 0 Å². The van der Waals surface area contributed by atoms with E-state index in [0.29, 0.717) is 6.42 Å². The maximum atomic E-state index is 12.8. The van der Waals surface area contributed by atoms with Gasteiger partial charge in [0.25, 0.3) is 0 Å². The fraction of sp³-hybridized carbons (Fsp3) is 0.857. The Labute approximate surface area is 404 Å². The van der Waals surface area contributed by atoms with E-state index in [1.54, 1.807) is 0 Å². The highest BCUT2D eigenvalue weighted by Crippen LogP contribution is 2.23. The third kappa shape index (κ3) is 36.9. The van der Waals surface area contributed by atoms with Gasteiger partial charge in [-0.2, -0.15) is 0 Å². The third-order valence-electron chi connectivity index (χ3n) is 12.8. The van der Waals surface area contributed by atoms with Crippen LogP contribution in [0.15, 0.2) is 36.5 Å². The molecule has 0 amide bonds. The molecule has 0 spiro atoms. The first-order valence-electron chi connectivity index (χ1n) is 27.6. The van der Waals surface area contributed by atoms with Gasteiger partial charge in [0.15, 0.2) is 12.4 Å². The van der Waals surface area contributed by atoms with Crippen molar-refractivity contribution in [3.63, 3.8) is 0 Å². The monoisotopic (exact) mass is 935 g/mol. The fourth-order valence-electron chi connectivity index (χ4n) is 8.43. The van der Waals surface area contributed by atoms with Crippen LogP contribution in [0.25, 0.3) is 0 Å². The smallest absolute Gasteiger partial charge is 0.306 e. The van der Waals surface area contributed by atoms with Gasteiger partial charge in [0.1, 0.15) is 31.0 Å². The lowest BCUT2D eigenvalue weighted by atomic mass is 9.99. The summed E-state index contributed by atoms with van der Waals surface area (Å²) in [6.07, 6.45) is 48.7. The van der Waals surface area contributed by atoms with Crippen LogP contribution >= 0.6 is 0 Å². The van der Waals surface area contributed by atoms with Crippen molar-refractivity contribution in [1.29, 1.82) is 0 Å². The highest BCUT2D eigenvalue weighted by atomic mass is 16.7. The molecule has 0 radical (unpaired) electrons. The topological polar surface area (TPSA) is 152 Å². The molecular weight excluding hydrogens is 833 g/mol. The molecular formula is C56H102O10. The number of aliphatic hydroxyl groups excluding tert-OH is 4. The van der Waals surface area contributed by atoms with Gasteiger partial charge in [0, 0.05) is 12.8 Å². The van der Waals surface area contributed by atoms with E-state index in [0.717, 1.165) is 70.6 Å². The minimum Gasteiger partial charge on any atom is -0.462 e. The molecule has 0 aromatic rings. The van der Waals surface area contributed by atoms with Crippen molar-refractivity contribution in [2.24, 2.45) is 0 Å². The molecule has 1 aliphatic heterocycles. The molecule has 0 aliphatic carbocycles. The number of unbranched alkanes of at least 4 members (excludes halogenated alkanes) is 30. The Morgan fingerprint density at radius 1 is 0.470 bits per heavy atom. The number of aliphatic hydroxyl groups is 4. The molecule has 1 fully saturated rings. The lowest BCUT2D eigenvalue weighted by molar-refractivity contribution is -0.305. The maximum Gasteiger partial charge on any atom is 0.306 e. The highest BCUT2D eigenvalue weighted by Gasteiger charge is 2.44. The molecule has 386 valence electrons. The molecule has 66 heavy (non-hydrogen) atoms. The van der Waals surface area contributed by atoms with Crippen LogP contribution in [0, 0.1) is 0 Å². The number of hydrogen-bond acceptors (Lipinski definition) is 10. The van der Waals surface area contributed by atoms with Crippen molar-refractivity contribution in [3.05, 3.63) is 36.5 Å². The second kappa shape index (κ2) is 46.6. The van der Waals surface area contributed by atoms with Crippen LogP contribution in [0.1, 0.15) is 251 Å². The average Bonchev–Trinajstić information content (AvgIpc) is 3.32. The molecule has 0 aromatic heterocycles. The van der Waals surface area contributed by atoms with Crippen molar-refractivity contribution in [2.45, 2.75) is 288 Å². The zero-order valence-corrected chi connectivity index (χ0v) is 42.5. The number of ether oxygens (including phenoxy) is 4. The van der Waals surface area contributed by atoms with Crippen LogP contribution in [-0.4, -0.2) is 89.0 Å². The minimum absolute atomic E-state index is 0.217. The van der Waals surface area contributed by atoms with E-state index in [9.17, 15) is 30.0 Å². The molecule has 6 atom stereocenters. The molecule has 10 nitrogen and oxygen atoms in total. The first kappa shape index (κ1) is 61.9. The van der Waals surface area contributed by atoms with Gasteiger partial charge in [-0.15, -0.1) is 0 Å². The van der Waals surface area contributed by atoms with E-state index >= 15 is 0 Å². The molecule has 0 bridgehead atoms. The van der Waals surface area contributed by atoms with E-state index in [-0.39, 0.29) is 32.0 Å². The van der Waals surface area contributed by atoms with Gasteiger partial charge in [0.2, 0.25) is 0 Å². The summed E-state index contributed by atoms with van der Waals surface area (Å²) in [6, 6.07) is 0. The summed E-state index contributed by atoms with van der Waals surface area (Å²) < 4.78 is 22.3. The lowest BCUT2D eigenvalue weighted by Crippen LogP contribution is -2.59.